The van der Waals surface area contributed by atoms with Gasteiger partial charge in [0.2, 0.25) is 0 Å². The summed E-state index contributed by atoms with van der Waals surface area (Å²) in [5.74, 6) is -0.225. The summed E-state index contributed by atoms with van der Waals surface area (Å²) in [7, 11) is 0. The second-order valence-electron chi connectivity index (χ2n) is 4.90. The van der Waals surface area contributed by atoms with E-state index in [1.807, 2.05) is 24.4 Å². The van der Waals surface area contributed by atoms with Crippen LogP contribution < -0.4 is 15.0 Å². The molecular formula is C17H14N2O3S2. The fourth-order valence-electron chi connectivity index (χ4n) is 2.27. The molecule has 1 fully saturated rings. The van der Waals surface area contributed by atoms with E-state index in [2.05, 4.69) is 5.32 Å². The molecule has 0 bridgehead atoms. The minimum absolute atomic E-state index is 0.0555. The fourth-order valence-corrected chi connectivity index (χ4v) is 3.20. The molecule has 0 spiro atoms. The minimum atomic E-state index is -0.486. The summed E-state index contributed by atoms with van der Waals surface area (Å²) in [5.41, 5.74) is 0.630. The van der Waals surface area contributed by atoms with Gasteiger partial charge in [0.15, 0.2) is 5.11 Å². The van der Waals surface area contributed by atoms with Gasteiger partial charge in [-0.25, -0.2) is 0 Å². The lowest BCUT2D eigenvalue weighted by atomic mass is 10.1. The first-order valence-electron chi connectivity index (χ1n) is 7.28. The van der Waals surface area contributed by atoms with Crippen LogP contribution in [0.5, 0.6) is 5.75 Å². The van der Waals surface area contributed by atoms with Crippen LogP contribution in [0.4, 0.5) is 5.69 Å². The van der Waals surface area contributed by atoms with Crippen LogP contribution in [0.2, 0.25) is 0 Å². The van der Waals surface area contributed by atoms with Crippen LogP contribution in [-0.4, -0.2) is 23.5 Å². The molecule has 1 aliphatic heterocycles. The monoisotopic (exact) mass is 358 g/mol. The Morgan fingerprint density at radius 2 is 2.00 bits per heavy atom. The SMILES string of the molecule is CCOc1ccc(N2C(=O)C(=Cc3cccs3)C(=O)NC2=S)cc1. The van der Waals surface area contributed by atoms with Crippen molar-refractivity contribution in [1.82, 2.24) is 5.32 Å². The standard InChI is InChI=1S/C17H14N2O3S2/c1-2-22-12-7-5-11(6-8-12)19-16(21)14(15(20)18-17(19)23)10-13-4-3-9-24-13/h3-10H,2H2,1H3,(H,18,20,23). The lowest BCUT2D eigenvalue weighted by Crippen LogP contribution is -2.54. The Balaban J connectivity index is 1.93. The lowest BCUT2D eigenvalue weighted by molar-refractivity contribution is -0.122. The molecule has 7 heteroatoms. The molecule has 0 saturated carbocycles. The molecule has 1 saturated heterocycles. The van der Waals surface area contributed by atoms with Crippen LogP contribution in [0, 0.1) is 0 Å². The van der Waals surface area contributed by atoms with Gasteiger partial charge in [0.25, 0.3) is 11.8 Å². The second kappa shape index (κ2) is 6.94. The third-order valence-corrected chi connectivity index (χ3v) is 4.44. The Bertz CT molecular complexity index is 811. The fraction of sp³-hybridized carbons (Fsp3) is 0.118. The number of carbonyl (C=O) groups is 2. The maximum absolute atomic E-state index is 12.8. The maximum Gasteiger partial charge on any atom is 0.270 e. The summed E-state index contributed by atoms with van der Waals surface area (Å²) in [6.07, 6.45) is 1.58. The first-order chi connectivity index (χ1) is 11.6. The van der Waals surface area contributed by atoms with Gasteiger partial charge >= 0.3 is 0 Å². The van der Waals surface area contributed by atoms with E-state index in [9.17, 15) is 9.59 Å². The number of anilines is 1. The molecule has 1 aromatic carbocycles. The molecule has 0 radical (unpaired) electrons. The van der Waals surface area contributed by atoms with E-state index in [1.165, 1.54) is 16.2 Å². The van der Waals surface area contributed by atoms with E-state index < -0.39 is 11.8 Å². The van der Waals surface area contributed by atoms with Crippen LogP contribution in [-0.2, 0) is 9.59 Å². The van der Waals surface area contributed by atoms with Gasteiger partial charge in [0.1, 0.15) is 11.3 Å². The summed E-state index contributed by atoms with van der Waals surface area (Å²) in [5, 5.41) is 4.51. The number of hydrogen-bond donors (Lipinski definition) is 1. The number of nitrogens with zero attached hydrogens (tertiary/aromatic N) is 1. The topological polar surface area (TPSA) is 58.6 Å². The number of thiophene rings is 1. The van der Waals surface area contributed by atoms with Gasteiger partial charge < -0.3 is 4.74 Å². The average molecular weight is 358 g/mol. The summed E-state index contributed by atoms with van der Waals surface area (Å²) < 4.78 is 5.39. The van der Waals surface area contributed by atoms with Crippen molar-refractivity contribution >= 4 is 52.2 Å². The van der Waals surface area contributed by atoms with Crippen molar-refractivity contribution in [1.29, 1.82) is 0 Å². The van der Waals surface area contributed by atoms with Gasteiger partial charge in [0.05, 0.1) is 12.3 Å². The van der Waals surface area contributed by atoms with E-state index in [0.29, 0.717) is 18.0 Å². The lowest BCUT2D eigenvalue weighted by Gasteiger charge is -2.28. The highest BCUT2D eigenvalue weighted by atomic mass is 32.1. The third kappa shape index (κ3) is 3.22. The van der Waals surface area contributed by atoms with Crippen molar-refractivity contribution < 1.29 is 14.3 Å². The highest BCUT2D eigenvalue weighted by molar-refractivity contribution is 7.80. The number of carbonyl (C=O) groups excluding carboxylic acids is 2. The predicted octanol–water partition coefficient (Wildman–Crippen LogP) is 2.98. The third-order valence-electron chi connectivity index (χ3n) is 3.34. The van der Waals surface area contributed by atoms with Crippen LogP contribution in [0.3, 0.4) is 0 Å². The van der Waals surface area contributed by atoms with Gasteiger partial charge in [-0.15, -0.1) is 11.3 Å². The molecule has 1 N–H and O–H groups in total. The van der Waals surface area contributed by atoms with E-state index in [4.69, 9.17) is 17.0 Å². The van der Waals surface area contributed by atoms with Crippen molar-refractivity contribution in [2.45, 2.75) is 6.92 Å². The van der Waals surface area contributed by atoms with E-state index in [1.54, 1.807) is 30.3 Å². The summed E-state index contributed by atoms with van der Waals surface area (Å²) >= 11 is 6.61. The van der Waals surface area contributed by atoms with E-state index >= 15 is 0 Å². The molecule has 1 aliphatic rings. The molecule has 24 heavy (non-hydrogen) atoms. The van der Waals surface area contributed by atoms with Crippen molar-refractivity contribution in [3.05, 3.63) is 52.2 Å². The first kappa shape index (κ1) is 16.4. The van der Waals surface area contributed by atoms with Crippen molar-refractivity contribution in [2.24, 2.45) is 0 Å². The number of benzene rings is 1. The molecule has 2 aromatic rings. The first-order valence-corrected chi connectivity index (χ1v) is 8.56. The molecule has 1 aromatic heterocycles. The molecule has 2 amide bonds. The smallest absolute Gasteiger partial charge is 0.270 e. The van der Waals surface area contributed by atoms with Crippen molar-refractivity contribution in [2.75, 3.05) is 11.5 Å². The minimum Gasteiger partial charge on any atom is -0.494 e. The average Bonchev–Trinajstić information content (AvgIpc) is 3.06. The maximum atomic E-state index is 12.8. The quantitative estimate of drug-likeness (QED) is 0.519. The van der Waals surface area contributed by atoms with Crippen LogP contribution in [0.15, 0.2) is 47.4 Å². The predicted molar refractivity (Wildman–Crippen MR) is 98.1 cm³/mol. The highest BCUT2D eigenvalue weighted by Gasteiger charge is 2.34. The Kier molecular flexibility index (Phi) is 4.73. The Morgan fingerprint density at radius 3 is 2.62 bits per heavy atom. The van der Waals surface area contributed by atoms with E-state index in [0.717, 1.165) is 4.88 Å². The van der Waals surface area contributed by atoms with Gasteiger partial charge in [-0.2, -0.15) is 0 Å². The Hall–Kier alpha value is -2.51. The zero-order valence-corrected chi connectivity index (χ0v) is 14.4. The number of thiocarbonyl (C=S) groups is 1. The summed E-state index contributed by atoms with van der Waals surface area (Å²) in [4.78, 5) is 27.0. The summed E-state index contributed by atoms with van der Waals surface area (Å²) in [6, 6.07) is 10.7. The van der Waals surface area contributed by atoms with Crippen LogP contribution >= 0.6 is 23.6 Å². The zero-order valence-electron chi connectivity index (χ0n) is 12.8. The van der Waals surface area contributed by atoms with Crippen molar-refractivity contribution in [3.63, 3.8) is 0 Å². The van der Waals surface area contributed by atoms with Gasteiger partial charge in [0, 0.05) is 4.88 Å². The summed E-state index contributed by atoms with van der Waals surface area (Å²) in [6.45, 7) is 2.46. The zero-order chi connectivity index (χ0) is 17.1. The molecule has 0 unspecified atom stereocenters. The number of amides is 2. The van der Waals surface area contributed by atoms with Gasteiger partial charge in [-0.05, 0) is 60.9 Å². The number of nitrogens with one attached hydrogen (secondary N) is 1. The molecule has 3 rings (SSSR count). The largest absolute Gasteiger partial charge is 0.494 e. The molecule has 122 valence electrons. The molecule has 0 aliphatic carbocycles. The van der Waals surface area contributed by atoms with E-state index in [-0.39, 0.29) is 10.7 Å². The Labute approximate surface area is 148 Å². The van der Waals surface area contributed by atoms with Crippen LogP contribution in [0.25, 0.3) is 6.08 Å². The number of rotatable bonds is 4. The Morgan fingerprint density at radius 1 is 1.25 bits per heavy atom. The van der Waals surface area contributed by atoms with Gasteiger partial charge in [-0.3, -0.25) is 19.8 Å². The second-order valence-corrected chi connectivity index (χ2v) is 6.27. The molecule has 0 atom stereocenters. The van der Waals surface area contributed by atoms with Crippen molar-refractivity contribution in [3.8, 4) is 5.75 Å². The molecular weight excluding hydrogens is 344 g/mol. The highest BCUT2D eigenvalue weighted by Crippen LogP contribution is 2.25. The number of hydrogen-bond acceptors (Lipinski definition) is 5. The van der Waals surface area contributed by atoms with Crippen LogP contribution in [0.1, 0.15) is 11.8 Å². The molecule has 5 nitrogen and oxygen atoms in total. The number of ether oxygens (including phenoxy) is 1. The normalized spacial score (nSPS) is 16.5. The van der Waals surface area contributed by atoms with Gasteiger partial charge in [-0.1, -0.05) is 6.07 Å². The molecule has 2 heterocycles.